The normalized spacial score (nSPS) is 11.5. The molecule has 0 atom stereocenters. The molecule has 0 bridgehead atoms. The van der Waals surface area contributed by atoms with E-state index in [2.05, 4.69) is 4.98 Å². The predicted molar refractivity (Wildman–Crippen MR) is 114 cm³/mol. The third kappa shape index (κ3) is 3.59. The minimum absolute atomic E-state index is 0.0981. The zero-order chi connectivity index (χ0) is 20.6. The summed E-state index contributed by atoms with van der Waals surface area (Å²) in [6, 6.07) is 19.7. The molecule has 8 heteroatoms. The molecule has 6 nitrogen and oxygen atoms in total. The zero-order valence-electron chi connectivity index (χ0n) is 15.3. The van der Waals surface area contributed by atoms with Crippen LogP contribution in [0.4, 0.5) is 10.8 Å². The van der Waals surface area contributed by atoms with Crippen molar-refractivity contribution in [3.8, 4) is 0 Å². The summed E-state index contributed by atoms with van der Waals surface area (Å²) in [4.78, 5) is 15.7. The number of para-hydroxylation sites is 1. The maximum Gasteiger partial charge on any atom is 0.335 e. The molecule has 0 radical (unpaired) electrons. The second-order valence-corrected chi connectivity index (χ2v) is 9.20. The van der Waals surface area contributed by atoms with Gasteiger partial charge in [-0.15, -0.1) is 0 Å². The van der Waals surface area contributed by atoms with Crippen molar-refractivity contribution < 1.29 is 18.3 Å². The molecule has 0 aliphatic rings. The van der Waals surface area contributed by atoms with Crippen LogP contribution in [0.2, 0.25) is 0 Å². The average Bonchev–Trinajstić information content (AvgIpc) is 3.11. The number of sulfonamides is 1. The molecule has 0 aliphatic carbocycles. The number of nitrogens with zero attached hydrogens (tertiary/aromatic N) is 2. The van der Waals surface area contributed by atoms with Gasteiger partial charge in [0.15, 0.2) is 0 Å². The summed E-state index contributed by atoms with van der Waals surface area (Å²) >= 11 is 1.27. The van der Waals surface area contributed by atoms with E-state index in [9.17, 15) is 18.3 Å². The maximum atomic E-state index is 13.6. The third-order valence-electron chi connectivity index (χ3n) is 4.32. The van der Waals surface area contributed by atoms with Crippen molar-refractivity contribution in [1.82, 2.24) is 4.98 Å². The van der Waals surface area contributed by atoms with Gasteiger partial charge in [-0.25, -0.2) is 22.5 Å². The molecule has 4 aromatic rings. The Morgan fingerprint density at radius 3 is 2.48 bits per heavy atom. The zero-order valence-corrected chi connectivity index (χ0v) is 16.9. The first kappa shape index (κ1) is 19.1. The molecule has 1 N–H and O–H groups in total. The van der Waals surface area contributed by atoms with Crippen LogP contribution in [0, 0.1) is 6.92 Å². The summed E-state index contributed by atoms with van der Waals surface area (Å²) in [5, 5.41) is 9.54. The SMILES string of the molecule is Cc1ccc2nc(N(c3ccccc3)S(=O)(=O)c3cccc(C(=O)O)c3)sc2c1. The Morgan fingerprint density at radius 2 is 1.76 bits per heavy atom. The molecule has 4 rings (SSSR count). The van der Waals surface area contributed by atoms with Crippen LogP contribution < -0.4 is 4.31 Å². The van der Waals surface area contributed by atoms with Crippen molar-refractivity contribution in [1.29, 1.82) is 0 Å². The van der Waals surface area contributed by atoms with Gasteiger partial charge in [0.05, 0.1) is 26.4 Å². The highest BCUT2D eigenvalue weighted by Gasteiger charge is 2.30. The van der Waals surface area contributed by atoms with Crippen molar-refractivity contribution in [3.05, 3.63) is 83.9 Å². The van der Waals surface area contributed by atoms with Crippen LogP contribution in [-0.4, -0.2) is 24.5 Å². The minimum Gasteiger partial charge on any atom is -0.478 e. The van der Waals surface area contributed by atoms with E-state index in [1.807, 2.05) is 25.1 Å². The molecule has 0 amide bonds. The standard InChI is InChI=1S/C21H16N2O4S2/c1-14-10-11-18-19(12-14)28-21(22-18)23(16-7-3-2-4-8-16)29(26,27)17-9-5-6-15(13-17)20(24)25/h2-13H,1H3,(H,24,25). The van der Waals surface area contributed by atoms with Gasteiger partial charge in [-0.05, 0) is 55.0 Å². The van der Waals surface area contributed by atoms with Crippen molar-refractivity contribution in [2.24, 2.45) is 0 Å². The Kier molecular flexibility index (Phi) is 4.81. The predicted octanol–water partition coefficient (Wildman–Crippen LogP) is 4.83. The third-order valence-corrected chi connectivity index (χ3v) is 7.15. The number of aromatic carboxylic acids is 1. The Hall–Kier alpha value is -3.23. The van der Waals surface area contributed by atoms with Crippen LogP contribution in [0.3, 0.4) is 0 Å². The molecular weight excluding hydrogens is 408 g/mol. The van der Waals surface area contributed by atoms with Crippen LogP contribution in [0.5, 0.6) is 0 Å². The van der Waals surface area contributed by atoms with E-state index in [1.54, 1.807) is 30.3 Å². The van der Waals surface area contributed by atoms with Gasteiger partial charge in [-0.1, -0.05) is 41.7 Å². The number of hydrogen-bond donors (Lipinski definition) is 1. The second-order valence-electron chi connectivity index (χ2n) is 6.41. The van der Waals surface area contributed by atoms with Crippen molar-refractivity contribution >= 4 is 48.4 Å². The molecule has 29 heavy (non-hydrogen) atoms. The number of carboxylic acids is 1. The first-order valence-corrected chi connectivity index (χ1v) is 10.9. The van der Waals surface area contributed by atoms with Gasteiger partial charge in [0.2, 0.25) is 5.13 Å². The number of aromatic nitrogens is 1. The van der Waals surface area contributed by atoms with E-state index >= 15 is 0 Å². The number of carboxylic acid groups (broad SMARTS) is 1. The number of hydrogen-bond acceptors (Lipinski definition) is 5. The smallest absolute Gasteiger partial charge is 0.335 e. The van der Waals surface area contributed by atoms with E-state index in [-0.39, 0.29) is 15.6 Å². The number of anilines is 2. The highest BCUT2D eigenvalue weighted by atomic mass is 32.2. The number of fused-ring (bicyclic) bond motifs is 1. The largest absolute Gasteiger partial charge is 0.478 e. The summed E-state index contributed by atoms with van der Waals surface area (Å²) in [5.74, 6) is -1.19. The van der Waals surface area contributed by atoms with Gasteiger partial charge in [-0.3, -0.25) is 0 Å². The lowest BCUT2D eigenvalue weighted by atomic mass is 10.2. The highest BCUT2D eigenvalue weighted by molar-refractivity contribution is 7.93. The topological polar surface area (TPSA) is 87.6 Å². The minimum atomic E-state index is -4.10. The summed E-state index contributed by atoms with van der Waals surface area (Å²) < 4.78 is 29.1. The molecule has 146 valence electrons. The molecule has 0 fully saturated rings. The first-order chi connectivity index (χ1) is 13.9. The van der Waals surface area contributed by atoms with Crippen LogP contribution in [0.1, 0.15) is 15.9 Å². The van der Waals surface area contributed by atoms with Gasteiger partial charge in [-0.2, -0.15) is 0 Å². The number of thiazole rings is 1. The van der Waals surface area contributed by atoms with Gasteiger partial charge >= 0.3 is 5.97 Å². The van der Waals surface area contributed by atoms with Gasteiger partial charge in [0.25, 0.3) is 10.0 Å². The molecule has 1 heterocycles. The van der Waals surface area contributed by atoms with Gasteiger partial charge in [0.1, 0.15) is 0 Å². The lowest BCUT2D eigenvalue weighted by Crippen LogP contribution is -2.26. The van der Waals surface area contributed by atoms with E-state index in [1.165, 1.54) is 29.5 Å². The fourth-order valence-electron chi connectivity index (χ4n) is 2.92. The number of aryl methyl sites for hydroxylation is 1. The summed E-state index contributed by atoms with van der Waals surface area (Å²) in [6.45, 7) is 1.96. The Bertz CT molecular complexity index is 1320. The van der Waals surface area contributed by atoms with Crippen molar-refractivity contribution in [2.75, 3.05) is 4.31 Å². The van der Waals surface area contributed by atoms with Crippen molar-refractivity contribution in [2.45, 2.75) is 11.8 Å². The molecule has 0 saturated heterocycles. The van der Waals surface area contributed by atoms with Crippen LogP contribution in [0.25, 0.3) is 10.2 Å². The number of carbonyl (C=O) groups is 1. The number of benzene rings is 3. The second kappa shape index (κ2) is 7.31. The lowest BCUT2D eigenvalue weighted by molar-refractivity contribution is 0.0696. The van der Waals surface area contributed by atoms with E-state index in [4.69, 9.17) is 0 Å². The van der Waals surface area contributed by atoms with E-state index < -0.39 is 16.0 Å². The van der Waals surface area contributed by atoms with Crippen LogP contribution in [-0.2, 0) is 10.0 Å². The Labute approximate surface area is 171 Å². The van der Waals surface area contributed by atoms with E-state index in [0.717, 1.165) is 20.6 Å². The number of rotatable bonds is 5. The van der Waals surface area contributed by atoms with Crippen molar-refractivity contribution in [3.63, 3.8) is 0 Å². The molecule has 0 spiro atoms. The fourth-order valence-corrected chi connectivity index (χ4v) is 5.70. The molecule has 3 aromatic carbocycles. The maximum absolute atomic E-state index is 13.6. The molecule has 1 aromatic heterocycles. The molecule has 0 saturated carbocycles. The molecule has 0 aliphatic heterocycles. The summed E-state index contributed by atoms with van der Waals surface area (Å²) in [5.41, 5.74) is 2.07. The molecule has 0 unspecified atom stereocenters. The quantitative estimate of drug-likeness (QED) is 0.496. The Balaban J connectivity index is 1.93. The molecular formula is C21H16N2O4S2. The monoisotopic (exact) mass is 424 g/mol. The summed E-state index contributed by atoms with van der Waals surface area (Å²) in [7, 11) is -4.10. The van der Waals surface area contributed by atoms with Gasteiger partial charge in [0, 0.05) is 0 Å². The lowest BCUT2D eigenvalue weighted by Gasteiger charge is -2.22. The van der Waals surface area contributed by atoms with Crippen LogP contribution in [0.15, 0.2) is 77.7 Å². The Morgan fingerprint density at radius 1 is 1.00 bits per heavy atom. The average molecular weight is 425 g/mol. The fraction of sp³-hybridized carbons (Fsp3) is 0.0476. The highest BCUT2D eigenvalue weighted by Crippen LogP contribution is 2.37. The first-order valence-electron chi connectivity index (χ1n) is 8.67. The van der Waals surface area contributed by atoms with Gasteiger partial charge < -0.3 is 5.11 Å². The van der Waals surface area contributed by atoms with E-state index in [0.29, 0.717) is 11.2 Å². The van der Waals surface area contributed by atoms with Crippen LogP contribution >= 0.6 is 11.3 Å². The summed E-state index contributed by atoms with van der Waals surface area (Å²) in [6.07, 6.45) is 0.